The number of rotatable bonds is 5. The van der Waals surface area contributed by atoms with Gasteiger partial charge in [-0.2, -0.15) is 0 Å². The molecule has 2 atom stereocenters. The molecule has 1 amide bonds. The Bertz CT molecular complexity index is 383. The minimum atomic E-state index is -0.578. The van der Waals surface area contributed by atoms with E-state index in [0.29, 0.717) is 12.2 Å². The number of hydrogen-bond donors (Lipinski definition) is 1. The van der Waals surface area contributed by atoms with Crippen LogP contribution in [0.3, 0.4) is 0 Å². The van der Waals surface area contributed by atoms with Gasteiger partial charge in [0.05, 0.1) is 12.6 Å². The molecule has 0 aliphatic rings. The lowest BCUT2D eigenvalue weighted by atomic mass is 9.86. The average molecular weight is 284 g/mol. The highest BCUT2D eigenvalue weighted by Gasteiger charge is 2.31. The molecule has 0 heterocycles. The van der Waals surface area contributed by atoms with Crippen molar-refractivity contribution in [3.05, 3.63) is 11.6 Å². The molecule has 0 spiro atoms. The van der Waals surface area contributed by atoms with Gasteiger partial charge in [-0.3, -0.25) is 4.79 Å². The maximum Gasteiger partial charge on any atom is 0.333 e. The summed E-state index contributed by atoms with van der Waals surface area (Å²) in [4.78, 5) is 25.4. The fourth-order valence-electron chi connectivity index (χ4n) is 1.58. The smallest absolute Gasteiger partial charge is 0.333 e. The summed E-state index contributed by atoms with van der Waals surface area (Å²) in [5, 5.41) is 0. The molecule has 0 unspecified atom stereocenters. The van der Waals surface area contributed by atoms with Crippen molar-refractivity contribution < 1.29 is 14.3 Å². The molecule has 0 aliphatic heterocycles. The molecule has 0 aliphatic carbocycles. The lowest BCUT2D eigenvalue weighted by Gasteiger charge is -2.32. The first-order chi connectivity index (χ1) is 9.02. The number of hydrogen-bond acceptors (Lipinski definition) is 4. The standard InChI is InChI=1S/C15H28N2O3/c1-8-20-14(19)10(2)9-11(3)17(7)13(18)12(16)15(4,5)6/h9,11-12H,8,16H2,1-7H3/t11-,12+/m0/s1. The Kier molecular flexibility index (Phi) is 6.92. The van der Waals surface area contributed by atoms with E-state index in [4.69, 9.17) is 10.5 Å². The third-order valence-electron chi connectivity index (χ3n) is 3.25. The monoisotopic (exact) mass is 284 g/mol. The van der Waals surface area contributed by atoms with Crippen molar-refractivity contribution in [1.29, 1.82) is 0 Å². The van der Waals surface area contributed by atoms with Gasteiger partial charge in [-0.15, -0.1) is 0 Å². The summed E-state index contributed by atoms with van der Waals surface area (Å²) in [6.45, 7) is 11.4. The quantitative estimate of drug-likeness (QED) is 0.616. The van der Waals surface area contributed by atoms with Crippen molar-refractivity contribution in [1.82, 2.24) is 4.90 Å². The van der Waals surface area contributed by atoms with Crippen LogP contribution >= 0.6 is 0 Å². The zero-order valence-electron chi connectivity index (χ0n) is 13.7. The van der Waals surface area contributed by atoms with Crippen LogP contribution in [0.5, 0.6) is 0 Å². The van der Waals surface area contributed by atoms with Crippen molar-refractivity contribution in [2.24, 2.45) is 11.1 Å². The number of carbonyl (C=O) groups is 2. The van der Waals surface area contributed by atoms with Gasteiger partial charge in [0.25, 0.3) is 0 Å². The summed E-state index contributed by atoms with van der Waals surface area (Å²) in [5.74, 6) is -0.502. The van der Waals surface area contributed by atoms with Crippen LogP contribution in [0.25, 0.3) is 0 Å². The van der Waals surface area contributed by atoms with Gasteiger partial charge in [0.2, 0.25) is 5.91 Å². The van der Waals surface area contributed by atoms with Gasteiger partial charge in [-0.05, 0) is 26.2 Å². The highest BCUT2D eigenvalue weighted by Crippen LogP contribution is 2.19. The Labute approximate surface area is 122 Å². The summed E-state index contributed by atoms with van der Waals surface area (Å²) in [5.41, 5.74) is 6.16. The Balaban J connectivity index is 4.86. The van der Waals surface area contributed by atoms with Gasteiger partial charge in [-0.25, -0.2) is 4.79 Å². The van der Waals surface area contributed by atoms with E-state index in [9.17, 15) is 9.59 Å². The molecule has 0 bridgehead atoms. The highest BCUT2D eigenvalue weighted by atomic mass is 16.5. The zero-order chi connectivity index (χ0) is 16.1. The number of ether oxygens (including phenoxy) is 1. The van der Waals surface area contributed by atoms with Crippen LogP contribution in [0.2, 0.25) is 0 Å². The van der Waals surface area contributed by atoms with Gasteiger partial charge in [0.15, 0.2) is 0 Å². The number of amides is 1. The van der Waals surface area contributed by atoms with Crippen molar-refractivity contribution in [3.63, 3.8) is 0 Å². The number of nitrogens with two attached hydrogens (primary N) is 1. The van der Waals surface area contributed by atoms with Crippen LogP contribution in [0, 0.1) is 5.41 Å². The molecule has 0 saturated carbocycles. The average Bonchev–Trinajstić information content (AvgIpc) is 2.34. The fraction of sp³-hybridized carbons (Fsp3) is 0.733. The van der Waals surface area contributed by atoms with Crippen LogP contribution in [0.15, 0.2) is 11.6 Å². The van der Waals surface area contributed by atoms with Gasteiger partial charge in [0, 0.05) is 18.7 Å². The van der Waals surface area contributed by atoms with E-state index >= 15 is 0 Å². The lowest BCUT2D eigenvalue weighted by Crippen LogP contribution is -2.51. The summed E-state index contributed by atoms with van der Waals surface area (Å²) in [6, 6.07) is -0.799. The number of carbonyl (C=O) groups excluding carboxylic acids is 2. The van der Waals surface area contributed by atoms with Crippen LogP contribution in [0.4, 0.5) is 0 Å². The fourth-order valence-corrected chi connectivity index (χ4v) is 1.58. The van der Waals surface area contributed by atoms with Crippen molar-refractivity contribution >= 4 is 11.9 Å². The summed E-state index contributed by atoms with van der Waals surface area (Å²) >= 11 is 0. The lowest BCUT2D eigenvalue weighted by molar-refractivity contribution is -0.139. The molecule has 2 N–H and O–H groups in total. The van der Waals surface area contributed by atoms with Crippen molar-refractivity contribution in [3.8, 4) is 0 Å². The molecule has 0 rings (SSSR count). The first kappa shape index (κ1) is 18.6. The van der Waals surface area contributed by atoms with E-state index in [2.05, 4.69) is 0 Å². The Morgan fingerprint density at radius 1 is 1.35 bits per heavy atom. The molecule has 0 radical (unpaired) electrons. The number of likely N-dealkylation sites (N-methyl/N-ethyl adjacent to an activating group) is 1. The molecule has 116 valence electrons. The third kappa shape index (κ3) is 5.33. The first-order valence-electron chi connectivity index (χ1n) is 6.90. The molecule has 0 fully saturated rings. The number of nitrogens with zero attached hydrogens (tertiary/aromatic N) is 1. The van der Waals surface area contributed by atoms with Crippen LogP contribution in [0.1, 0.15) is 41.5 Å². The maximum atomic E-state index is 12.3. The van der Waals surface area contributed by atoms with Crippen molar-refractivity contribution in [2.45, 2.75) is 53.6 Å². The topological polar surface area (TPSA) is 72.6 Å². The normalized spacial score (nSPS) is 15.5. The molecule has 5 nitrogen and oxygen atoms in total. The largest absolute Gasteiger partial charge is 0.463 e. The first-order valence-corrected chi connectivity index (χ1v) is 6.90. The Hall–Kier alpha value is -1.36. The summed E-state index contributed by atoms with van der Waals surface area (Å²) < 4.78 is 4.91. The van der Waals surface area contributed by atoms with Gasteiger partial charge < -0.3 is 15.4 Å². The van der Waals surface area contributed by atoms with Crippen LogP contribution in [-0.4, -0.2) is 42.5 Å². The molecule has 0 aromatic carbocycles. The zero-order valence-corrected chi connectivity index (χ0v) is 13.7. The van der Waals surface area contributed by atoms with E-state index in [0.717, 1.165) is 0 Å². The van der Waals surface area contributed by atoms with E-state index in [-0.39, 0.29) is 23.3 Å². The Morgan fingerprint density at radius 2 is 1.85 bits per heavy atom. The number of esters is 1. The maximum absolute atomic E-state index is 12.3. The van der Waals surface area contributed by atoms with E-state index < -0.39 is 6.04 Å². The van der Waals surface area contributed by atoms with Gasteiger partial charge in [-0.1, -0.05) is 26.8 Å². The predicted molar refractivity (Wildman–Crippen MR) is 80.1 cm³/mol. The van der Waals surface area contributed by atoms with Crippen LogP contribution < -0.4 is 5.73 Å². The second-order valence-corrected chi connectivity index (χ2v) is 6.10. The van der Waals surface area contributed by atoms with Gasteiger partial charge >= 0.3 is 5.97 Å². The van der Waals surface area contributed by atoms with Crippen molar-refractivity contribution in [2.75, 3.05) is 13.7 Å². The molecule has 20 heavy (non-hydrogen) atoms. The molecule has 5 heteroatoms. The highest BCUT2D eigenvalue weighted by molar-refractivity contribution is 5.88. The van der Waals surface area contributed by atoms with Crippen LogP contribution in [-0.2, 0) is 14.3 Å². The molecule has 0 saturated heterocycles. The summed E-state index contributed by atoms with van der Waals surface area (Å²) in [7, 11) is 1.69. The Morgan fingerprint density at radius 3 is 2.25 bits per heavy atom. The summed E-state index contributed by atoms with van der Waals surface area (Å²) in [6.07, 6.45) is 1.71. The SMILES string of the molecule is CCOC(=O)C(C)=C[C@H](C)N(C)C(=O)[C@@H](N)C(C)(C)C. The minimum Gasteiger partial charge on any atom is -0.463 e. The molecule has 0 aromatic rings. The molecular formula is C15H28N2O3. The van der Waals surface area contributed by atoms with E-state index in [1.165, 1.54) is 0 Å². The predicted octanol–water partition coefficient (Wildman–Crippen LogP) is 1.72. The molecule has 0 aromatic heterocycles. The van der Waals surface area contributed by atoms with E-state index in [1.54, 1.807) is 31.9 Å². The van der Waals surface area contributed by atoms with E-state index in [1.807, 2.05) is 27.7 Å². The third-order valence-corrected chi connectivity index (χ3v) is 3.25. The second kappa shape index (κ2) is 7.43. The van der Waals surface area contributed by atoms with Gasteiger partial charge in [0.1, 0.15) is 0 Å². The second-order valence-electron chi connectivity index (χ2n) is 6.10. The minimum absolute atomic E-state index is 0.141. The molecular weight excluding hydrogens is 256 g/mol.